The van der Waals surface area contributed by atoms with Gasteiger partial charge in [-0.2, -0.15) is 0 Å². The van der Waals surface area contributed by atoms with Crippen molar-refractivity contribution >= 4 is 35.4 Å². The fourth-order valence-electron chi connectivity index (χ4n) is 3.62. The van der Waals surface area contributed by atoms with Gasteiger partial charge in [-0.1, -0.05) is 57.0 Å². The fourth-order valence-corrected chi connectivity index (χ4v) is 3.80. The average Bonchev–Trinajstić information content (AvgIpc) is 2.63. The normalized spacial score (nSPS) is 15.3. The first-order valence-corrected chi connectivity index (χ1v) is 10.2. The van der Waals surface area contributed by atoms with E-state index in [4.69, 9.17) is 11.6 Å². The maximum Gasteiger partial charge on any atom is 0.0426 e. The molecule has 0 saturated carbocycles. The number of likely N-dealkylation sites (tertiary alicyclic amines) is 1. The molecule has 0 aromatic heterocycles. The van der Waals surface area contributed by atoms with Crippen molar-refractivity contribution in [2.45, 2.75) is 45.4 Å². The summed E-state index contributed by atoms with van der Waals surface area (Å²) in [6.07, 6.45) is 4.04. The number of piperidine rings is 1. The molecule has 1 aliphatic heterocycles. The Hall–Kier alpha value is -1.22. The third kappa shape index (κ3) is 6.14. The Morgan fingerprint density at radius 1 is 0.926 bits per heavy atom. The summed E-state index contributed by atoms with van der Waals surface area (Å²) in [6.45, 7) is 11.3. The first-order chi connectivity index (χ1) is 12.4. The summed E-state index contributed by atoms with van der Waals surface area (Å²) >= 11 is 6.27. The lowest BCUT2D eigenvalue weighted by atomic mass is 9.87. The zero-order valence-corrected chi connectivity index (χ0v) is 18.3. The molecule has 148 valence electrons. The number of hydrogen-bond donors (Lipinski definition) is 0. The summed E-state index contributed by atoms with van der Waals surface area (Å²) in [6, 6.07) is 17.2. The van der Waals surface area contributed by atoms with E-state index in [1.54, 1.807) is 0 Å². The molecule has 0 amide bonds. The Kier molecular flexibility index (Phi) is 8.03. The number of halogens is 2. The molecule has 1 saturated heterocycles. The van der Waals surface area contributed by atoms with Crippen molar-refractivity contribution in [3.8, 4) is 0 Å². The van der Waals surface area contributed by atoms with Crippen LogP contribution in [-0.2, 0) is 5.41 Å². The second-order valence-electron chi connectivity index (χ2n) is 8.33. The highest BCUT2D eigenvalue weighted by molar-refractivity contribution is 6.30. The van der Waals surface area contributed by atoms with Gasteiger partial charge >= 0.3 is 0 Å². The van der Waals surface area contributed by atoms with E-state index in [0.29, 0.717) is 0 Å². The quantitative estimate of drug-likeness (QED) is 0.545. The molecule has 1 heterocycles. The first-order valence-electron chi connectivity index (χ1n) is 9.79. The second-order valence-corrected chi connectivity index (χ2v) is 8.77. The van der Waals surface area contributed by atoms with Gasteiger partial charge in [0.2, 0.25) is 0 Å². The Morgan fingerprint density at radius 3 is 2.19 bits per heavy atom. The monoisotopic (exact) mass is 406 g/mol. The summed E-state index contributed by atoms with van der Waals surface area (Å²) < 4.78 is 0. The van der Waals surface area contributed by atoms with Crippen molar-refractivity contribution in [2.75, 3.05) is 31.1 Å². The van der Waals surface area contributed by atoms with Gasteiger partial charge in [-0.3, -0.25) is 0 Å². The predicted molar refractivity (Wildman–Crippen MR) is 121 cm³/mol. The molecule has 0 aliphatic carbocycles. The van der Waals surface area contributed by atoms with Crippen molar-refractivity contribution in [3.05, 3.63) is 59.1 Å². The molecule has 2 nitrogen and oxygen atoms in total. The number of hydrogen-bond acceptors (Lipinski definition) is 2. The minimum absolute atomic E-state index is 0. The Bertz CT molecular complexity index is 701. The average molecular weight is 407 g/mol. The highest BCUT2D eigenvalue weighted by Crippen LogP contribution is 2.30. The highest BCUT2D eigenvalue weighted by Gasteiger charge is 2.17. The molecule has 1 aliphatic rings. The Labute approximate surface area is 175 Å². The minimum Gasteiger partial charge on any atom is -0.340 e. The van der Waals surface area contributed by atoms with Gasteiger partial charge in [0, 0.05) is 29.5 Å². The lowest BCUT2D eigenvalue weighted by molar-refractivity contribution is 0.234. The van der Waals surface area contributed by atoms with Crippen molar-refractivity contribution in [1.82, 2.24) is 4.90 Å². The van der Waals surface area contributed by atoms with Crippen molar-refractivity contribution in [2.24, 2.45) is 0 Å². The van der Waals surface area contributed by atoms with E-state index in [1.165, 1.54) is 43.6 Å². The van der Waals surface area contributed by atoms with E-state index in [2.05, 4.69) is 67.0 Å². The smallest absolute Gasteiger partial charge is 0.0426 e. The summed E-state index contributed by atoms with van der Waals surface area (Å²) in [5.41, 5.74) is 3.94. The zero-order chi connectivity index (χ0) is 18.6. The molecule has 0 N–H and O–H groups in total. The highest BCUT2D eigenvalue weighted by atomic mass is 35.5. The Morgan fingerprint density at radius 2 is 1.59 bits per heavy atom. The van der Waals surface area contributed by atoms with E-state index in [9.17, 15) is 0 Å². The maximum absolute atomic E-state index is 6.27. The molecule has 2 aromatic rings. The largest absolute Gasteiger partial charge is 0.340 e. The second kappa shape index (κ2) is 9.82. The standard InChI is InChI=1S/C23H31ClN2.ClH/c1-23(2,3)19-10-12-21(13-11-19)26(22-9-7-8-20(24)18-22)17-16-25-14-5-4-6-15-25;/h7-13,18H,4-6,14-17H2,1-3H3;1H. The molecule has 3 rings (SSSR count). The van der Waals surface area contributed by atoms with Crippen molar-refractivity contribution in [1.29, 1.82) is 0 Å². The van der Waals surface area contributed by atoms with Gasteiger partial charge < -0.3 is 9.80 Å². The lowest BCUT2D eigenvalue weighted by Gasteiger charge is -2.31. The molecular formula is C23H32Cl2N2. The number of nitrogens with zero attached hydrogens (tertiary/aromatic N) is 2. The van der Waals surface area contributed by atoms with Crippen molar-refractivity contribution < 1.29 is 0 Å². The SMILES string of the molecule is CC(C)(C)c1ccc(N(CCN2CCCCC2)c2cccc(Cl)c2)cc1.Cl. The van der Waals surface area contributed by atoms with Crippen LogP contribution in [0.3, 0.4) is 0 Å². The first kappa shape index (κ1) is 22.1. The Balaban J connectivity index is 0.00000261. The molecule has 0 spiro atoms. The van der Waals surface area contributed by atoms with Crippen LogP contribution >= 0.6 is 24.0 Å². The summed E-state index contributed by atoms with van der Waals surface area (Å²) in [7, 11) is 0. The molecule has 1 fully saturated rings. The molecule has 2 aromatic carbocycles. The maximum atomic E-state index is 6.27. The van der Waals surface area contributed by atoms with Gasteiger partial charge in [0.05, 0.1) is 0 Å². The number of benzene rings is 2. The predicted octanol–water partition coefficient (Wildman–Crippen LogP) is 6.68. The third-order valence-electron chi connectivity index (χ3n) is 5.25. The molecule has 27 heavy (non-hydrogen) atoms. The molecular weight excluding hydrogens is 375 g/mol. The summed E-state index contributed by atoms with van der Waals surface area (Å²) in [5.74, 6) is 0. The van der Waals surface area contributed by atoms with Crippen LogP contribution in [0.5, 0.6) is 0 Å². The van der Waals surface area contributed by atoms with Gasteiger partial charge in [0.1, 0.15) is 0 Å². The molecule has 0 bridgehead atoms. The van der Waals surface area contributed by atoms with Crippen LogP contribution in [0.4, 0.5) is 11.4 Å². The van der Waals surface area contributed by atoms with Gasteiger partial charge in [-0.15, -0.1) is 12.4 Å². The van der Waals surface area contributed by atoms with Gasteiger partial charge in [0.25, 0.3) is 0 Å². The number of anilines is 2. The zero-order valence-electron chi connectivity index (χ0n) is 16.7. The fraction of sp³-hybridized carbons (Fsp3) is 0.478. The molecule has 0 atom stereocenters. The van der Waals surface area contributed by atoms with Crippen LogP contribution < -0.4 is 4.90 Å². The third-order valence-corrected chi connectivity index (χ3v) is 5.49. The van der Waals surface area contributed by atoms with E-state index in [1.807, 2.05) is 12.1 Å². The van der Waals surface area contributed by atoms with Crippen LogP contribution in [0.25, 0.3) is 0 Å². The number of rotatable bonds is 5. The molecule has 4 heteroatoms. The van der Waals surface area contributed by atoms with Crippen molar-refractivity contribution in [3.63, 3.8) is 0 Å². The van der Waals surface area contributed by atoms with E-state index < -0.39 is 0 Å². The van der Waals surface area contributed by atoms with Gasteiger partial charge in [0.15, 0.2) is 0 Å². The van der Waals surface area contributed by atoms with E-state index in [0.717, 1.165) is 23.8 Å². The van der Waals surface area contributed by atoms with Gasteiger partial charge in [-0.05, 0) is 67.2 Å². The molecule has 0 radical (unpaired) electrons. The minimum atomic E-state index is 0. The lowest BCUT2D eigenvalue weighted by Crippen LogP contribution is -2.36. The topological polar surface area (TPSA) is 6.48 Å². The molecule has 0 unspecified atom stereocenters. The van der Waals surface area contributed by atoms with Crippen LogP contribution in [-0.4, -0.2) is 31.1 Å². The summed E-state index contributed by atoms with van der Waals surface area (Å²) in [5, 5.41) is 0.789. The van der Waals surface area contributed by atoms with Crippen LogP contribution in [0.1, 0.15) is 45.6 Å². The van der Waals surface area contributed by atoms with Gasteiger partial charge in [-0.25, -0.2) is 0 Å². The van der Waals surface area contributed by atoms with E-state index in [-0.39, 0.29) is 17.8 Å². The van der Waals surface area contributed by atoms with Crippen LogP contribution in [0, 0.1) is 0 Å². The van der Waals surface area contributed by atoms with Crippen LogP contribution in [0.15, 0.2) is 48.5 Å². The summed E-state index contributed by atoms with van der Waals surface area (Å²) in [4.78, 5) is 4.98. The van der Waals surface area contributed by atoms with Crippen LogP contribution in [0.2, 0.25) is 5.02 Å². The van der Waals surface area contributed by atoms with E-state index >= 15 is 0 Å².